The van der Waals surface area contributed by atoms with Gasteiger partial charge < -0.3 is 15.3 Å². The largest absolute Gasteiger partial charge is 0.464 e. The number of aliphatic hydroxyl groups is 1. The lowest BCUT2D eigenvalue weighted by Gasteiger charge is -2.05. The molecule has 0 aliphatic rings. The van der Waals surface area contributed by atoms with Crippen molar-refractivity contribution in [1.82, 2.24) is 4.98 Å². The summed E-state index contributed by atoms with van der Waals surface area (Å²) in [7, 11) is 0. The van der Waals surface area contributed by atoms with Gasteiger partial charge in [0.2, 0.25) is 0 Å². The lowest BCUT2D eigenvalue weighted by atomic mass is 10.1. The first kappa shape index (κ1) is 9.18. The maximum absolute atomic E-state index is 9.74. The quantitative estimate of drug-likeness (QED) is 0.766. The van der Waals surface area contributed by atoms with Crippen LogP contribution in [-0.2, 0) is 0 Å². The van der Waals surface area contributed by atoms with Gasteiger partial charge in [-0.15, -0.1) is 0 Å². The molecule has 2 aromatic rings. The van der Waals surface area contributed by atoms with Crippen LogP contribution in [0.1, 0.15) is 18.1 Å². The predicted molar refractivity (Wildman–Crippen MR) is 52.6 cm³/mol. The van der Waals surface area contributed by atoms with E-state index in [2.05, 4.69) is 4.98 Å². The molecule has 4 heteroatoms. The van der Waals surface area contributed by atoms with E-state index in [1.807, 2.05) is 0 Å². The number of hydrogen-bond donors (Lipinski definition) is 2. The molecule has 0 saturated carbocycles. The number of aliphatic hydroxyl groups excluding tert-OH is 1. The summed E-state index contributed by atoms with van der Waals surface area (Å²) >= 11 is 0. The average Bonchev–Trinajstić information content (AvgIpc) is 2.61. The molecular formula is C10H12N2O2. The van der Waals surface area contributed by atoms with Crippen molar-refractivity contribution in [2.24, 2.45) is 5.73 Å². The van der Waals surface area contributed by atoms with Gasteiger partial charge in [0, 0.05) is 23.3 Å². The van der Waals surface area contributed by atoms with Crippen LogP contribution in [0.15, 0.2) is 29.1 Å². The molecule has 2 heterocycles. The highest BCUT2D eigenvalue weighted by Gasteiger charge is 2.13. The third kappa shape index (κ3) is 1.49. The van der Waals surface area contributed by atoms with Crippen LogP contribution in [0.4, 0.5) is 0 Å². The van der Waals surface area contributed by atoms with Gasteiger partial charge in [0.15, 0.2) is 0 Å². The Bertz CT molecular complexity index is 425. The zero-order valence-electron chi connectivity index (χ0n) is 7.68. The third-order valence-corrected chi connectivity index (χ3v) is 2.20. The Morgan fingerprint density at radius 2 is 2.43 bits per heavy atom. The molecule has 0 saturated heterocycles. The van der Waals surface area contributed by atoms with Gasteiger partial charge in [0.05, 0.1) is 12.4 Å². The summed E-state index contributed by atoms with van der Waals surface area (Å²) in [4.78, 5) is 3.99. The van der Waals surface area contributed by atoms with Crippen LogP contribution in [0.25, 0.3) is 11.0 Å². The van der Waals surface area contributed by atoms with Gasteiger partial charge in [-0.05, 0) is 19.0 Å². The standard InChI is InChI=1S/C10H12N2O2/c11-3-1-9(13)8-6-14-10-2-4-12-5-7(8)10/h2,4-6,9,13H,1,3,11H2. The number of hydrogen-bond acceptors (Lipinski definition) is 4. The molecule has 0 aliphatic heterocycles. The number of rotatable bonds is 3. The van der Waals surface area contributed by atoms with E-state index in [0.29, 0.717) is 13.0 Å². The smallest absolute Gasteiger partial charge is 0.137 e. The second-order valence-corrected chi connectivity index (χ2v) is 3.16. The Morgan fingerprint density at radius 1 is 1.57 bits per heavy atom. The van der Waals surface area contributed by atoms with E-state index < -0.39 is 6.10 Å². The highest BCUT2D eigenvalue weighted by atomic mass is 16.3. The molecule has 0 amide bonds. The molecule has 0 spiro atoms. The van der Waals surface area contributed by atoms with Crippen LogP contribution < -0.4 is 5.73 Å². The van der Waals surface area contributed by atoms with E-state index in [9.17, 15) is 5.11 Å². The van der Waals surface area contributed by atoms with Crippen LogP contribution in [0, 0.1) is 0 Å². The molecule has 74 valence electrons. The summed E-state index contributed by atoms with van der Waals surface area (Å²) in [6.07, 6.45) is 4.88. The monoisotopic (exact) mass is 192 g/mol. The molecule has 4 nitrogen and oxygen atoms in total. The van der Waals surface area contributed by atoms with Crippen LogP contribution in [0.5, 0.6) is 0 Å². The zero-order chi connectivity index (χ0) is 9.97. The molecule has 0 radical (unpaired) electrons. The van der Waals surface area contributed by atoms with Gasteiger partial charge in [0.1, 0.15) is 5.58 Å². The van der Waals surface area contributed by atoms with Crippen LogP contribution in [0.2, 0.25) is 0 Å². The van der Waals surface area contributed by atoms with Crippen LogP contribution in [-0.4, -0.2) is 16.6 Å². The summed E-state index contributed by atoms with van der Waals surface area (Å²) in [5.74, 6) is 0. The van der Waals surface area contributed by atoms with E-state index in [0.717, 1.165) is 16.5 Å². The van der Waals surface area contributed by atoms with Crippen molar-refractivity contribution in [2.45, 2.75) is 12.5 Å². The number of nitrogens with two attached hydrogens (primary N) is 1. The molecule has 0 aromatic carbocycles. The average molecular weight is 192 g/mol. The first-order chi connectivity index (χ1) is 6.83. The van der Waals surface area contributed by atoms with Gasteiger partial charge in [0.25, 0.3) is 0 Å². The Morgan fingerprint density at radius 3 is 3.21 bits per heavy atom. The lowest BCUT2D eigenvalue weighted by Crippen LogP contribution is -2.06. The summed E-state index contributed by atoms with van der Waals surface area (Å²) in [5, 5.41) is 10.6. The first-order valence-corrected chi connectivity index (χ1v) is 4.52. The van der Waals surface area contributed by atoms with Crippen molar-refractivity contribution in [1.29, 1.82) is 0 Å². The van der Waals surface area contributed by atoms with Crippen LogP contribution >= 0.6 is 0 Å². The fourth-order valence-electron chi connectivity index (χ4n) is 1.46. The lowest BCUT2D eigenvalue weighted by molar-refractivity contribution is 0.170. The molecule has 0 fully saturated rings. The van der Waals surface area contributed by atoms with Crippen molar-refractivity contribution in [2.75, 3.05) is 6.54 Å². The number of aromatic nitrogens is 1. The second-order valence-electron chi connectivity index (χ2n) is 3.16. The van der Waals surface area contributed by atoms with Gasteiger partial charge in [-0.25, -0.2) is 0 Å². The van der Waals surface area contributed by atoms with E-state index >= 15 is 0 Å². The highest BCUT2D eigenvalue weighted by molar-refractivity contribution is 5.80. The van der Waals surface area contributed by atoms with Gasteiger partial charge in [-0.2, -0.15) is 0 Å². The molecule has 1 atom stereocenters. The first-order valence-electron chi connectivity index (χ1n) is 4.52. The number of furan rings is 1. The summed E-state index contributed by atoms with van der Waals surface area (Å²) < 4.78 is 5.28. The number of nitrogens with zero attached hydrogens (tertiary/aromatic N) is 1. The molecule has 14 heavy (non-hydrogen) atoms. The summed E-state index contributed by atoms with van der Waals surface area (Å²) in [6.45, 7) is 0.452. The zero-order valence-corrected chi connectivity index (χ0v) is 7.68. The number of pyridine rings is 1. The Balaban J connectivity index is 2.42. The summed E-state index contributed by atoms with van der Waals surface area (Å²) in [5.41, 5.74) is 6.88. The predicted octanol–water partition coefficient (Wildman–Crippen LogP) is 1.21. The van der Waals surface area contributed by atoms with E-state index in [1.165, 1.54) is 0 Å². The fraction of sp³-hybridized carbons (Fsp3) is 0.300. The van der Waals surface area contributed by atoms with Crippen molar-refractivity contribution in [3.63, 3.8) is 0 Å². The van der Waals surface area contributed by atoms with Gasteiger partial charge in [-0.3, -0.25) is 4.98 Å². The van der Waals surface area contributed by atoms with Crippen molar-refractivity contribution >= 4 is 11.0 Å². The van der Waals surface area contributed by atoms with Gasteiger partial charge >= 0.3 is 0 Å². The van der Waals surface area contributed by atoms with E-state index in [-0.39, 0.29) is 0 Å². The summed E-state index contributed by atoms with van der Waals surface area (Å²) in [6, 6.07) is 1.77. The molecular weight excluding hydrogens is 180 g/mol. The van der Waals surface area contributed by atoms with Crippen LogP contribution in [0.3, 0.4) is 0 Å². The van der Waals surface area contributed by atoms with Gasteiger partial charge in [-0.1, -0.05) is 0 Å². The second kappa shape index (κ2) is 3.77. The highest BCUT2D eigenvalue weighted by Crippen LogP contribution is 2.26. The minimum atomic E-state index is -0.564. The SMILES string of the molecule is NCCC(O)c1coc2ccncc12. The Hall–Kier alpha value is -1.39. The third-order valence-electron chi connectivity index (χ3n) is 2.20. The fourth-order valence-corrected chi connectivity index (χ4v) is 1.46. The molecule has 1 unspecified atom stereocenters. The minimum Gasteiger partial charge on any atom is -0.464 e. The topological polar surface area (TPSA) is 72.3 Å². The van der Waals surface area contributed by atoms with Crippen molar-refractivity contribution in [3.8, 4) is 0 Å². The normalized spacial score (nSPS) is 13.3. The van der Waals surface area contributed by atoms with E-state index in [1.54, 1.807) is 24.7 Å². The maximum atomic E-state index is 9.74. The van der Waals surface area contributed by atoms with Crippen molar-refractivity contribution < 1.29 is 9.52 Å². The molecule has 2 rings (SSSR count). The maximum Gasteiger partial charge on any atom is 0.137 e. The number of fused-ring (bicyclic) bond motifs is 1. The van der Waals surface area contributed by atoms with E-state index in [4.69, 9.17) is 10.2 Å². The Labute approximate surface area is 81.4 Å². The molecule has 0 aliphatic carbocycles. The molecule has 2 aromatic heterocycles. The molecule has 3 N–H and O–H groups in total. The van der Waals surface area contributed by atoms with Crippen molar-refractivity contribution in [3.05, 3.63) is 30.3 Å². The molecule has 0 bridgehead atoms. The minimum absolute atomic E-state index is 0.452. The Kier molecular flexibility index (Phi) is 2.47.